The molecule has 1 atom stereocenters. The molecule has 0 aromatic heterocycles. The highest BCUT2D eigenvalue weighted by molar-refractivity contribution is 5.69. The molecule has 1 unspecified atom stereocenters. The van der Waals surface area contributed by atoms with Gasteiger partial charge in [0, 0.05) is 19.2 Å². The Morgan fingerprint density at radius 1 is 1.33 bits per heavy atom. The zero-order valence-corrected chi connectivity index (χ0v) is 10.9. The Morgan fingerprint density at radius 3 is 2.67 bits per heavy atom. The molecular formula is C14H23NO3. The molecule has 2 aliphatic carbocycles. The van der Waals surface area contributed by atoms with Gasteiger partial charge in [-0.15, -0.1) is 0 Å². The van der Waals surface area contributed by atoms with Crippen molar-refractivity contribution in [2.75, 3.05) is 19.7 Å². The number of carboxylic acid groups (broad SMARTS) is 1. The molecule has 1 N–H and O–H groups in total. The van der Waals surface area contributed by atoms with Gasteiger partial charge in [-0.25, -0.2) is 0 Å². The second kappa shape index (κ2) is 4.82. The highest BCUT2D eigenvalue weighted by Crippen LogP contribution is 2.44. The van der Waals surface area contributed by atoms with Crippen molar-refractivity contribution in [1.82, 2.24) is 4.90 Å². The molecule has 0 aromatic rings. The fourth-order valence-electron chi connectivity index (χ4n) is 3.38. The Morgan fingerprint density at radius 2 is 2.11 bits per heavy atom. The molecule has 4 nitrogen and oxygen atoms in total. The summed E-state index contributed by atoms with van der Waals surface area (Å²) >= 11 is 0. The monoisotopic (exact) mass is 253 g/mol. The fraction of sp³-hybridized carbons (Fsp3) is 0.929. The summed E-state index contributed by atoms with van der Waals surface area (Å²) in [6.45, 7) is 2.00. The van der Waals surface area contributed by atoms with Crippen LogP contribution in [0.4, 0.5) is 0 Å². The predicted octanol–water partition coefficient (Wildman–Crippen LogP) is 1.88. The van der Waals surface area contributed by atoms with Gasteiger partial charge in [0.05, 0.1) is 12.1 Å². The number of carbonyl (C=O) groups is 1. The van der Waals surface area contributed by atoms with Crippen molar-refractivity contribution < 1.29 is 14.6 Å². The van der Waals surface area contributed by atoms with Crippen LogP contribution in [0, 0.1) is 5.92 Å². The SMILES string of the molecule is O=C(O)CN(CC1CC1)C1CCOC2(CCC2)C1. The summed E-state index contributed by atoms with van der Waals surface area (Å²) in [5.41, 5.74) is 0.114. The second-order valence-corrected chi connectivity index (χ2v) is 6.30. The lowest BCUT2D eigenvalue weighted by molar-refractivity contribution is -0.155. The van der Waals surface area contributed by atoms with Gasteiger partial charge in [-0.05, 0) is 50.9 Å². The fourth-order valence-corrected chi connectivity index (χ4v) is 3.38. The molecule has 0 bridgehead atoms. The molecule has 0 aromatic carbocycles. The van der Waals surface area contributed by atoms with Crippen molar-refractivity contribution in [2.24, 2.45) is 5.92 Å². The minimum absolute atomic E-state index is 0.114. The summed E-state index contributed by atoms with van der Waals surface area (Å²) in [6.07, 6.45) is 8.24. The summed E-state index contributed by atoms with van der Waals surface area (Å²) in [6, 6.07) is 0.427. The third kappa shape index (κ3) is 2.69. The average Bonchev–Trinajstić information content (AvgIpc) is 3.10. The van der Waals surface area contributed by atoms with Gasteiger partial charge in [0.1, 0.15) is 0 Å². The highest BCUT2D eigenvalue weighted by Gasteiger charge is 2.44. The minimum atomic E-state index is -0.690. The summed E-state index contributed by atoms with van der Waals surface area (Å²) in [5, 5.41) is 9.08. The van der Waals surface area contributed by atoms with Gasteiger partial charge < -0.3 is 9.84 Å². The number of hydrogen-bond acceptors (Lipinski definition) is 3. The van der Waals surface area contributed by atoms with Crippen LogP contribution < -0.4 is 0 Å². The van der Waals surface area contributed by atoms with Crippen molar-refractivity contribution in [3.63, 3.8) is 0 Å². The number of nitrogens with zero attached hydrogens (tertiary/aromatic N) is 1. The first-order chi connectivity index (χ1) is 8.67. The number of hydrogen-bond donors (Lipinski definition) is 1. The molecular weight excluding hydrogens is 230 g/mol. The van der Waals surface area contributed by atoms with Crippen molar-refractivity contribution in [3.05, 3.63) is 0 Å². The lowest BCUT2D eigenvalue weighted by Crippen LogP contribution is -2.53. The molecule has 18 heavy (non-hydrogen) atoms. The van der Waals surface area contributed by atoms with E-state index in [4.69, 9.17) is 9.84 Å². The molecule has 0 radical (unpaired) electrons. The van der Waals surface area contributed by atoms with E-state index in [0.717, 1.165) is 31.9 Å². The van der Waals surface area contributed by atoms with Crippen LogP contribution >= 0.6 is 0 Å². The average molecular weight is 253 g/mol. The van der Waals surface area contributed by atoms with E-state index in [1.165, 1.54) is 32.1 Å². The van der Waals surface area contributed by atoms with Crippen LogP contribution in [0.3, 0.4) is 0 Å². The van der Waals surface area contributed by atoms with Crippen LogP contribution in [-0.2, 0) is 9.53 Å². The van der Waals surface area contributed by atoms with Crippen molar-refractivity contribution in [2.45, 2.75) is 56.6 Å². The van der Waals surface area contributed by atoms with E-state index < -0.39 is 5.97 Å². The van der Waals surface area contributed by atoms with E-state index >= 15 is 0 Å². The van der Waals surface area contributed by atoms with Gasteiger partial charge in [-0.1, -0.05) is 0 Å². The van der Waals surface area contributed by atoms with Gasteiger partial charge in [0.2, 0.25) is 0 Å². The first-order valence-electron chi connectivity index (χ1n) is 7.27. The molecule has 1 aliphatic heterocycles. The normalized spacial score (nSPS) is 30.4. The van der Waals surface area contributed by atoms with Crippen LogP contribution in [0.15, 0.2) is 0 Å². The van der Waals surface area contributed by atoms with Gasteiger partial charge >= 0.3 is 5.97 Å². The van der Waals surface area contributed by atoms with Crippen LogP contribution in [0.2, 0.25) is 0 Å². The van der Waals surface area contributed by atoms with Gasteiger partial charge in [-0.3, -0.25) is 9.69 Å². The van der Waals surface area contributed by atoms with Crippen LogP contribution in [0.25, 0.3) is 0 Å². The van der Waals surface area contributed by atoms with E-state index in [-0.39, 0.29) is 12.1 Å². The second-order valence-electron chi connectivity index (χ2n) is 6.30. The van der Waals surface area contributed by atoms with E-state index in [1.807, 2.05) is 0 Å². The summed E-state index contributed by atoms with van der Waals surface area (Å²) < 4.78 is 5.93. The molecule has 1 saturated heterocycles. The molecule has 0 amide bonds. The molecule has 102 valence electrons. The zero-order chi connectivity index (χ0) is 12.6. The number of carboxylic acids is 1. The maximum Gasteiger partial charge on any atom is 0.317 e. The number of rotatable bonds is 5. The molecule has 1 spiro atoms. The first kappa shape index (κ1) is 12.4. The summed E-state index contributed by atoms with van der Waals surface area (Å²) in [5.74, 6) is 0.0642. The molecule has 4 heteroatoms. The first-order valence-corrected chi connectivity index (χ1v) is 7.27. The van der Waals surface area contributed by atoms with Crippen molar-refractivity contribution in [3.8, 4) is 0 Å². The maximum absolute atomic E-state index is 11.0. The topological polar surface area (TPSA) is 49.8 Å². The third-order valence-electron chi connectivity index (χ3n) is 4.78. The molecule has 3 rings (SSSR count). The zero-order valence-electron chi connectivity index (χ0n) is 10.9. The van der Waals surface area contributed by atoms with E-state index in [1.54, 1.807) is 0 Å². The Kier molecular flexibility index (Phi) is 3.32. The standard InChI is InChI=1S/C14H23NO3/c16-13(17)10-15(9-11-2-3-11)12-4-7-18-14(8-12)5-1-6-14/h11-12H,1-10H2,(H,16,17). The number of ether oxygens (including phenoxy) is 1. The van der Waals surface area contributed by atoms with Crippen molar-refractivity contribution >= 4 is 5.97 Å². The quantitative estimate of drug-likeness (QED) is 0.813. The molecule has 3 fully saturated rings. The predicted molar refractivity (Wildman–Crippen MR) is 67.5 cm³/mol. The minimum Gasteiger partial charge on any atom is -0.480 e. The summed E-state index contributed by atoms with van der Waals surface area (Å²) in [4.78, 5) is 13.2. The lowest BCUT2D eigenvalue weighted by atomic mass is 9.73. The Hall–Kier alpha value is -0.610. The van der Waals surface area contributed by atoms with Gasteiger partial charge in [0.15, 0.2) is 0 Å². The third-order valence-corrected chi connectivity index (χ3v) is 4.78. The van der Waals surface area contributed by atoms with Crippen molar-refractivity contribution in [1.29, 1.82) is 0 Å². The Balaban J connectivity index is 1.62. The van der Waals surface area contributed by atoms with Crippen LogP contribution in [0.1, 0.15) is 44.9 Å². The van der Waals surface area contributed by atoms with Gasteiger partial charge in [-0.2, -0.15) is 0 Å². The Bertz CT molecular complexity index is 323. The van der Waals surface area contributed by atoms with Crippen LogP contribution in [-0.4, -0.2) is 47.3 Å². The van der Waals surface area contributed by atoms with E-state index in [2.05, 4.69) is 4.90 Å². The van der Waals surface area contributed by atoms with E-state index in [0.29, 0.717) is 6.04 Å². The molecule has 2 saturated carbocycles. The smallest absolute Gasteiger partial charge is 0.317 e. The highest BCUT2D eigenvalue weighted by atomic mass is 16.5. The van der Waals surface area contributed by atoms with Crippen LogP contribution in [0.5, 0.6) is 0 Å². The molecule has 1 heterocycles. The summed E-state index contributed by atoms with van der Waals surface area (Å²) in [7, 11) is 0. The lowest BCUT2D eigenvalue weighted by Gasteiger charge is -2.49. The van der Waals surface area contributed by atoms with E-state index in [9.17, 15) is 4.79 Å². The number of aliphatic carboxylic acids is 1. The largest absolute Gasteiger partial charge is 0.480 e. The maximum atomic E-state index is 11.0. The van der Waals surface area contributed by atoms with Gasteiger partial charge in [0.25, 0.3) is 0 Å². The Labute approximate surface area is 108 Å². The molecule has 3 aliphatic rings.